The summed E-state index contributed by atoms with van der Waals surface area (Å²) in [5.74, 6) is -5.62. The lowest BCUT2D eigenvalue weighted by Crippen LogP contribution is -2.53. The van der Waals surface area contributed by atoms with Gasteiger partial charge in [-0.2, -0.15) is 43.9 Å². The summed E-state index contributed by atoms with van der Waals surface area (Å²) in [7, 11) is 0. The molecule has 0 aromatic rings. The maximum Gasteiger partial charge on any atom is 0.450 e. The molecular formula is C11H9F10NO3. The minimum absolute atomic E-state index is 0.764. The third-order valence-electron chi connectivity index (χ3n) is 2.22. The van der Waals surface area contributed by atoms with Gasteiger partial charge in [0.1, 0.15) is 13.2 Å². The molecule has 0 fully saturated rings. The molecule has 0 aliphatic heterocycles. The van der Waals surface area contributed by atoms with Crippen LogP contribution in [-0.4, -0.2) is 56.2 Å². The fraction of sp³-hybridized carbons (Fsp3) is 0.727. The van der Waals surface area contributed by atoms with Crippen molar-refractivity contribution in [2.45, 2.75) is 30.5 Å². The summed E-state index contributed by atoms with van der Waals surface area (Å²) in [6.07, 6.45) is -16.2. The minimum atomic E-state index is -6.18. The number of ether oxygens (including phenoxy) is 2. The van der Waals surface area contributed by atoms with Crippen LogP contribution in [0.3, 0.4) is 0 Å². The van der Waals surface area contributed by atoms with E-state index in [1.807, 2.05) is 0 Å². The number of halogens is 10. The first-order chi connectivity index (χ1) is 11.0. The first-order valence-electron chi connectivity index (χ1n) is 5.89. The van der Waals surface area contributed by atoms with Crippen LogP contribution >= 0.6 is 0 Å². The average molecular weight is 393 g/mol. The molecule has 0 heterocycles. The van der Waals surface area contributed by atoms with Crippen LogP contribution in [0.15, 0.2) is 0 Å². The number of hydrogen-bond donors (Lipinski definition) is 1. The Morgan fingerprint density at radius 2 is 1.52 bits per heavy atom. The van der Waals surface area contributed by atoms with Gasteiger partial charge in [0.15, 0.2) is 0 Å². The van der Waals surface area contributed by atoms with Gasteiger partial charge in [0, 0.05) is 0 Å². The van der Waals surface area contributed by atoms with E-state index in [0.717, 1.165) is 0 Å². The second-order valence-electron chi connectivity index (χ2n) is 4.28. The van der Waals surface area contributed by atoms with Crippen LogP contribution in [0.25, 0.3) is 0 Å². The van der Waals surface area contributed by atoms with Gasteiger partial charge in [-0.05, 0) is 0 Å². The van der Waals surface area contributed by atoms with Crippen molar-refractivity contribution in [3.63, 3.8) is 0 Å². The Morgan fingerprint density at radius 3 is 1.88 bits per heavy atom. The maximum atomic E-state index is 13.6. The fourth-order valence-electron chi connectivity index (χ4n) is 1.14. The summed E-state index contributed by atoms with van der Waals surface area (Å²) in [6, 6.07) is 0. The zero-order valence-electron chi connectivity index (χ0n) is 11.8. The van der Waals surface area contributed by atoms with Gasteiger partial charge < -0.3 is 14.8 Å². The molecule has 2 atom stereocenters. The lowest BCUT2D eigenvalue weighted by atomic mass is 10.2. The molecule has 2 unspecified atom stereocenters. The number of carbonyl (C=O) groups excluding carboxylic acids is 1. The molecule has 0 aliphatic carbocycles. The van der Waals surface area contributed by atoms with E-state index in [2.05, 4.69) is 15.9 Å². The molecule has 0 bridgehead atoms. The molecule has 146 valence electrons. The summed E-state index contributed by atoms with van der Waals surface area (Å²) in [5.41, 5.74) is 0. The van der Waals surface area contributed by atoms with Gasteiger partial charge in [-0.25, -0.2) is 0 Å². The van der Waals surface area contributed by atoms with Crippen molar-refractivity contribution in [1.29, 1.82) is 0 Å². The minimum Gasteiger partial charge on any atom is -0.354 e. The number of amides is 1. The van der Waals surface area contributed by atoms with Crippen LogP contribution in [-0.2, 0) is 14.3 Å². The summed E-state index contributed by atoms with van der Waals surface area (Å²) >= 11 is 0. The lowest BCUT2D eigenvalue weighted by molar-refractivity contribution is -0.369. The molecule has 1 amide bonds. The van der Waals surface area contributed by atoms with E-state index in [1.165, 1.54) is 5.32 Å². The van der Waals surface area contributed by atoms with Gasteiger partial charge >= 0.3 is 24.4 Å². The number of hydrogen-bond acceptors (Lipinski definition) is 3. The zero-order valence-corrected chi connectivity index (χ0v) is 11.8. The Kier molecular flexibility index (Phi) is 7.52. The molecular weight excluding hydrogens is 384 g/mol. The molecule has 0 radical (unpaired) electrons. The second kappa shape index (κ2) is 8.09. The molecule has 0 aromatic heterocycles. The van der Waals surface area contributed by atoms with Crippen LogP contribution in [0.5, 0.6) is 0 Å². The zero-order chi connectivity index (χ0) is 20.1. The van der Waals surface area contributed by atoms with Crippen molar-refractivity contribution in [3.8, 4) is 12.3 Å². The Labute approximate surface area is 133 Å². The van der Waals surface area contributed by atoms with E-state index < -0.39 is 56.2 Å². The first-order valence-corrected chi connectivity index (χ1v) is 5.89. The highest BCUT2D eigenvalue weighted by molar-refractivity contribution is 5.81. The van der Waals surface area contributed by atoms with Crippen molar-refractivity contribution in [1.82, 2.24) is 5.32 Å². The van der Waals surface area contributed by atoms with E-state index in [4.69, 9.17) is 0 Å². The van der Waals surface area contributed by atoms with Gasteiger partial charge in [-0.1, -0.05) is 5.92 Å². The van der Waals surface area contributed by atoms with Crippen LogP contribution < -0.4 is 5.32 Å². The van der Waals surface area contributed by atoms with Crippen molar-refractivity contribution in [2.75, 3.05) is 19.8 Å². The molecule has 1 N–H and O–H groups in total. The molecule has 25 heavy (non-hydrogen) atoms. The number of alkyl halides is 10. The third-order valence-corrected chi connectivity index (χ3v) is 2.22. The molecule has 14 heteroatoms. The van der Waals surface area contributed by atoms with E-state index >= 15 is 0 Å². The number of terminal acetylenes is 1. The van der Waals surface area contributed by atoms with Gasteiger partial charge in [-0.3, -0.25) is 4.79 Å². The molecule has 0 aromatic carbocycles. The topological polar surface area (TPSA) is 47.6 Å². The largest absolute Gasteiger partial charge is 0.450 e. The van der Waals surface area contributed by atoms with Crippen LogP contribution in [0.1, 0.15) is 0 Å². The van der Waals surface area contributed by atoms with Crippen molar-refractivity contribution < 1.29 is 58.2 Å². The highest BCUT2D eigenvalue weighted by Crippen LogP contribution is 2.38. The summed E-state index contributed by atoms with van der Waals surface area (Å²) in [6.45, 7) is -6.20. The third kappa shape index (κ3) is 7.78. The van der Waals surface area contributed by atoms with Crippen molar-refractivity contribution in [2.24, 2.45) is 0 Å². The van der Waals surface area contributed by atoms with Gasteiger partial charge in [0.25, 0.3) is 5.91 Å². The number of rotatable bonds is 7. The maximum absolute atomic E-state index is 13.6. The van der Waals surface area contributed by atoms with E-state index in [1.54, 1.807) is 5.92 Å². The van der Waals surface area contributed by atoms with Crippen LogP contribution in [0.2, 0.25) is 0 Å². The van der Waals surface area contributed by atoms with Crippen LogP contribution in [0.4, 0.5) is 43.9 Å². The molecule has 0 saturated heterocycles. The fourth-order valence-corrected chi connectivity index (χ4v) is 1.14. The lowest BCUT2D eigenvalue weighted by Gasteiger charge is -2.30. The Bertz CT molecular complexity index is 492. The first kappa shape index (κ1) is 23.2. The normalized spacial score (nSPS) is 16.7. The van der Waals surface area contributed by atoms with Crippen molar-refractivity contribution >= 4 is 5.91 Å². The Hall–Kier alpha value is -1.75. The molecule has 0 spiro atoms. The number of nitrogens with one attached hydrogen (secondary N) is 1. The Balaban J connectivity index is 5.27. The van der Waals surface area contributed by atoms with E-state index in [0.29, 0.717) is 0 Å². The highest BCUT2D eigenvalue weighted by atomic mass is 19.4. The monoisotopic (exact) mass is 393 g/mol. The van der Waals surface area contributed by atoms with Crippen LogP contribution in [0, 0.1) is 12.3 Å². The number of carbonyl (C=O) groups is 1. The van der Waals surface area contributed by atoms with E-state index in [9.17, 15) is 48.7 Å². The smallest absolute Gasteiger partial charge is 0.354 e. The van der Waals surface area contributed by atoms with Gasteiger partial charge in [-0.15, -0.1) is 6.42 Å². The summed E-state index contributed by atoms with van der Waals surface area (Å²) in [4.78, 5) is 11.2. The summed E-state index contributed by atoms with van der Waals surface area (Å²) in [5, 5.41) is 1.43. The molecule has 0 aliphatic rings. The quantitative estimate of drug-likeness (QED) is 0.534. The SMILES string of the molecule is C#CCNC(=O)C(OCC(F)(OCC(F)(F)F)C(F)(F)F)C(F)(F)F. The standard InChI is InChI=1S/C11H9F10NO3/c1-2-3-22-7(23)6(10(16,17)18)24-4-8(12,11(19,20)21)25-5-9(13,14)15/h1,6H,3-5H2,(H,22,23). The van der Waals surface area contributed by atoms with Gasteiger partial charge in [0.2, 0.25) is 6.10 Å². The predicted octanol–water partition coefficient (Wildman–Crippen LogP) is 2.49. The van der Waals surface area contributed by atoms with Gasteiger partial charge in [0.05, 0.1) is 6.54 Å². The molecule has 0 saturated carbocycles. The molecule has 4 nitrogen and oxygen atoms in total. The summed E-state index contributed by atoms with van der Waals surface area (Å²) < 4.78 is 131. The van der Waals surface area contributed by atoms with Crippen molar-refractivity contribution in [3.05, 3.63) is 0 Å². The predicted molar refractivity (Wildman–Crippen MR) is 59.5 cm³/mol. The Morgan fingerprint density at radius 1 is 1.00 bits per heavy atom. The van der Waals surface area contributed by atoms with E-state index in [-0.39, 0.29) is 0 Å². The molecule has 0 rings (SSSR count). The second-order valence-corrected chi connectivity index (χ2v) is 4.28. The highest BCUT2D eigenvalue weighted by Gasteiger charge is 2.60. The average Bonchev–Trinajstić information content (AvgIpc) is 2.39.